The van der Waals surface area contributed by atoms with Gasteiger partial charge in [-0.25, -0.2) is 4.98 Å². The Labute approximate surface area is 130 Å². The summed E-state index contributed by atoms with van der Waals surface area (Å²) in [6, 6.07) is 16.5. The molecule has 0 saturated heterocycles. The van der Waals surface area contributed by atoms with E-state index >= 15 is 0 Å². The Morgan fingerprint density at radius 3 is 2.25 bits per heavy atom. The summed E-state index contributed by atoms with van der Waals surface area (Å²) in [6.45, 7) is 0.572. The molecule has 2 N–H and O–H groups in total. The van der Waals surface area contributed by atoms with Gasteiger partial charge in [0.15, 0.2) is 0 Å². The average molecular weight is 345 g/mol. The number of nitrogens with two attached hydrogens (primary N) is 1. The number of rotatable bonds is 3. The molecule has 0 amide bonds. The molecule has 0 saturated carbocycles. The monoisotopic (exact) mass is 344 g/mol. The summed E-state index contributed by atoms with van der Waals surface area (Å²) in [4.78, 5) is 4.71. The van der Waals surface area contributed by atoms with Gasteiger partial charge in [-0.15, -0.1) is 11.3 Å². The van der Waals surface area contributed by atoms with Crippen LogP contribution in [0.5, 0.6) is 0 Å². The first-order valence-electron chi connectivity index (χ1n) is 6.27. The van der Waals surface area contributed by atoms with Gasteiger partial charge in [0, 0.05) is 27.5 Å². The van der Waals surface area contributed by atoms with Gasteiger partial charge in [0.05, 0.1) is 5.69 Å². The number of halogens is 1. The van der Waals surface area contributed by atoms with E-state index in [1.807, 2.05) is 12.1 Å². The van der Waals surface area contributed by atoms with E-state index < -0.39 is 0 Å². The molecule has 0 spiro atoms. The molecular formula is C16H13BrN2S. The van der Waals surface area contributed by atoms with E-state index in [9.17, 15) is 0 Å². The van der Waals surface area contributed by atoms with Crippen LogP contribution in [0.1, 0.15) is 5.56 Å². The van der Waals surface area contributed by atoms with Gasteiger partial charge in [-0.2, -0.15) is 0 Å². The fourth-order valence-corrected chi connectivity index (χ4v) is 3.04. The van der Waals surface area contributed by atoms with Gasteiger partial charge in [0.2, 0.25) is 0 Å². The predicted molar refractivity (Wildman–Crippen MR) is 88.6 cm³/mol. The standard InChI is InChI=1S/C16H13BrN2S/c17-14-7-5-12(6-8-14)15-10-20-16(19-15)13-3-1-11(9-18)2-4-13/h1-8,10H,9,18H2. The SMILES string of the molecule is NCc1ccc(-c2nc(-c3ccc(Br)cc3)cs2)cc1. The van der Waals surface area contributed by atoms with Crippen molar-refractivity contribution in [1.82, 2.24) is 4.98 Å². The van der Waals surface area contributed by atoms with Crippen LogP contribution in [0.25, 0.3) is 21.8 Å². The van der Waals surface area contributed by atoms with E-state index in [0.717, 1.165) is 31.9 Å². The van der Waals surface area contributed by atoms with Crippen molar-refractivity contribution in [1.29, 1.82) is 0 Å². The molecule has 0 atom stereocenters. The Morgan fingerprint density at radius 2 is 1.60 bits per heavy atom. The third kappa shape index (κ3) is 2.82. The first-order valence-corrected chi connectivity index (χ1v) is 7.94. The van der Waals surface area contributed by atoms with Crippen LogP contribution in [0, 0.1) is 0 Å². The van der Waals surface area contributed by atoms with Crippen LogP contribution < -0.4 is 5.73 Å². The topological polar surface area (TPSA) is 38.9 Å². The molecule has 3 aromatic rings. The minimum Gasteiger partial charge on any atom is -0.326 e. The van der Waals surface area contributed by atoms with E-state index in [1.54, 1.807) is 11.3 Å². The fraction of sp³-hybridized carbons (Fsp3) is 0.0625. The van der Waals surface area contributed by atoms with Crippen LogP contribution >= 0.6 is 27.3 Å². The van der Waals surface area contributed by atoms with E-state index in [-0.39, 0.29) is 0 Å². The molecule has 4 heteroatoms. The van der Waals surface area contributed by atoms with Crippen molar-refractivity contribution in [2.45, 2.75) is 6.54 Å². The van der Waals surface area contributed by atoms with Crippen LogP contribution in [-0.2, 0) is 6.54 Å². The van der Waals surface area contributed by atoms with E-state index in [4.69, 9.17) is 10.7 Å². The fourth-order valence-electron chi connectivity index (χ4n) is 1.94. The van der Waals surface area contributed by atoms with E-state index in [0.29, 0.717) is 6.54 Å². The molecule has 2 nitrogen and oxygen atoms in total. The second-order valence-electron chi connectivity index (χ2n) is 4.45. The maximum Gasteiger partial charge on any atom is 0.124 e. The van der Waals surface area contributed by atoms with Crippen molar-refractivity contribution < 1.29 is 0 Å². The van der Waals surface area contributed by atoms with Crippen LogP contribution in [0.4, 0.5) is 0 Å². The molecule has 0 unspecified atom stereocenters. The normalized spacial score (nSPS) is 10.7. The van der Waals surface area contributed by atoms with Crippen LogP contribution in [0.15, 0.2) is 58.4 Å². The van der Waals surface area contributed by atoms with Crippen LogP contribution in [0.2, 0.25) is 0 Å². The van der Waals surface area contributed by atoms with Crippen molar-refractivity contribution in [3.8, 4) is 21.8 Å². The Hall–Kier alpha value is -1.49. The number of nitrogens with zero attached hydrogens (tertiary/aromatic N) is 1. The van der Waals surface area contributed by atoms with Crippen molar-refractivity contribution in [3.05, 3.63) is 63.9 Å². The number of benzene rings is 2. The third-order valence-corrected chi connectivity index (χ3v) is 4.50. The summed E-state index contributed by atoms with van der Waals surface area (Å²) >= 11 is 5.11. The Morgan fingerprint density at radius 1 is 0.950 bits per heavy atom. The number of hydrogen-bond acceptors (Lipinski definition) is 3. The maximum absolute atomic E-state index is 5.61. The smallest absolute Gasteiger partial charge is 0.124 e. The molecule has 20 heavy (non-hydrogen) atoms. The predicted octanol–water partition coefficient (Wildman–Crippen LogP) is 4.70. The second-order valence-corrected chi connectivity index (χ2v) is 6.22. The molecule has 0 bridgehead atoms. The third-order valence-electron chi connectivity index (χ3n) is 3.08. The molecule has 2 aromatic carbocycles. The highest BCUT2D eigenvalue weighted by molar-refractivity contribution is 9.10. The average Bonchev–Trinajstić information content (AvgIpc) is 2.98. The summed E-state index contributed by atoms with van der Waals surface area (Å²) < 4.78 is 1.08. The molecule has 0 aliphatic rings. The van der Waals surface area contributed by atoms with Gasteiger partial charge in [0.1, 0.15) is 5.01 Å². The van der Waals surface area contributed by atoms with Gasteiger partial charge < -0.3 is 5.73 Å². The van der Waals surface area contributed by atoms with Crippen molar-refractivity contribution in [3.63, 3.8) is 0 Å². The molecule has 0 aliphatic heterocycles. The lowest BCUT2D eigenvalue weighted by Gasteiger charge is -1.99. The van der Waals surface area contributed by atoms with Gasteiger partial charge >= 0.3 is 0 Å². The maximum atomic E-state index is 5.61. The molecule has 0 radical (unpaired) electrons. The molecular weight excluding hydrogens is 332 g/mol. The minimum atomic E-state index is 0.572. The highest BCUT2D eigenvalue weighted by atomic mass is 79.9. The number of thiazole rings is 1. The first-order chi connectivity index (χ1) is 9.76. The van der Waals surface area contributed by atoms with Crippen molar-refractivity contribution in [2.75, 3.05) is 0 Å². The highest BCUT2D eigenvalue weighted by Gasteiger charge is 2.06. The van der Waals surface area contributed by atoms with Gasteiger partial charge in [-0.1, -0.05) is 52.3 Å². The lowest BCUT2D eigenvalue weighted by Crippen LogP contribution is -1.95. The molecule has 0 aliphatic carbocycles. The largest absolute Gasteiger partial charge is 0.326 e. The molecule has 1 heterocycles. The Bertz CT molecular complexity index is 702. The lowest BCUT2D eigenvalue weighted by molar-refractivity contribution is 1.07. The van der Waals surface area contributed by atoms with E-state index in [2.05, 4.69) is 57.7 Å². The summed E-state index contributed by atoms with van der Waals surface area (Å²) in [6.07, 6.45) is 0. The number of hydrogen-bond donors (Lipinski definition) is 1. The quantitative estimate of drug-likeness (QED) is 0.747. The molecule has 1 aromatic heterocycles. The van der Waals surface area contributed by atoms with E-state index in [1.165, 1.54) is 0 Å². The molecule has 100 valence electrons. The first kappa shape index (κ1) is 13.5. The number of aromatic nitrogens is 1. The minimum absolute atomic E-state index is 0.572. The summed E-state index contributed by atoms with van der Waals surface area (Å²) in [5, 5.41) is 3.13. The summed E-state index contributed by atoms with van der Waals surface area (Å²) in [5.74, 6) is 0. The van der Waals surface area contributed by atoms with Crippen LogP contribution in [0.3, 0.4) is 0 Å². The summed E-state index contributed by atoms with van der Waals surface area (Å²) in [5.41, 5.74) is 10.0. The Balaban J connectivity index is 1.91. The van der Waals surface area contributed by atoms with Crippen molar-refractivity contribution in [2.24, 2.45) is 5.73 Å². The van der Waals surface area contributed by atoms with Crippen LogP contribution in [-0.4, -0.2) is 4.98 Å². The second kappa shape index (κ2) is 5.87. The zero-order valence-electron chi connectivity index (χ0n) is 10.7. The zero-order valence-corrected chi connectivity index (χ0v) is 13.1. The van der Waals surface area contributed by atoms with Gasteiger partial charge in [-0.3, -0.25) is 0 Å². The van der Waals surface area contributed by atoms with Crippen molar-refractivity contribution >= 4 is 27.3 Å². The summed E-state index contributed by atoms with van der Waals surface area (Å²) in [7, 11) is 0. The zero-order chi connectivity index (χ0) is 13.9. The highest BCUT2D eigenvalue weighted by Crippen LogP contribution is 2.29. The van der Waals surface area contributed by atoms with Gasteiger partial charge in [0.25, 0.3) is 0 Å². The molecule has 3 rings (SSSR count). The lowest BCUT2D eigenvalue weighted by atomic mass is 10.1. The Kier molecular flexibility index (Phi) is 3.96. The van der Waals surface area contributed by atoms with Gasteiger partial charge in [-0.05, 0) is 17.7 Å². The molecule has 0 fully saturated rings.